The summed E-state index contributed by atoms with van der Waals surface area (Å²) in [5, 5.41) is 14.7. The van der Waals surface area contributed by atoms with Crippen LogP contribution in [-0.2, 0) is 22.4 Å². The van der Waals surface area contributed by atoms with Gasteiger partial charge in [0, 0.05) is 83.5 Å². The molecule has 0 aromatic heterocycles. The lowest BCUT2D eigenvalue weighted by molar-refractivity contribution is -0.120. The Morgan fingerprint density at radius 2 is 1.04 bits per heavy atom. The maximum absolute atomic E-state index is 11.7. The maximum Gasteiger partial charge on any atom is 0.220 e. The second-order valence-corrected chi connectivity index (χ2v) is 15.2. The maximum atomic E-state index is 11.7. The van der Waals surface area contributed by atoms with Gasteiger partial charge in [-0.1, -0.05) is 71.7 Å². The van der Waals surface area contributed by atoms with Crippen LogP contribution in [-0.4, -0.2) is 51.2 Å². The SMILES string of the molecule is COc1cc(-c2cccc(-c3cccc(-c4cc5c(c(OC)c4)[C@H](NC[C@@H]4CCC(=O)N4)CC5)c3Cl)c2Cl)cc2c1[C@H](NC[C@@H]1CCC(=O)N1)CC2. The molecule has 0 bridgehead atoms. The molecule has 0 radical (unpaired) electrons. The molecule has 0 saturated carbocycles. The molecule has 2 amide bonds. The average molecular weight is 740 g/mol. The van der Waals surface area contributed by atoms with E-state index in [0.29, 0.717) is 22.9 Å². The Labute approximate surface area is 315 Å². The van der Waals surface area contributed by atoms with Crippen molar-refractivity contribution in [1.82, 2.24) is 21.3 Å². The van der Waals surface area contributed by atoms with Crippen LogP contribution in [0.5, 0.6) is 11.5 Å². The van der Waals surface area contributed by atoms with Crippen molar-refractivity contribution in [2.45, 2.75) is 75.5 Å². The van der Waals surface area contributed by atoms with Gasteiger partial charge >= 0.3 is 0 Å². The highest BCUT2D eigenvalue weighted by Gasteiger charge is 2.31. The summed E-state index contributed by atoms with van der Waals surface area (Å²) in [7, 11) is 3.44. The highest BCUT2D eigenvalue weighted by molar-refractivity contribution is 6.39. The molecule has 8 nitrogen and oxygen atoms in total. The number of halogens is 2. The molecule has 4 N–H and O–H groups in total. The number of fused-ring (bicyclic) bond motifs is 2. The first kappa shape index (κ1) is 35.0. The number of amides is 2. The summed E-state index contributed by atoms with van der Waals surface area (Å²) in [6.45, 7) is 1.49. The highest BCUT2D eigenvalue weighted by atomic mass is 35.5. The van der Waals surface area contributed by atoms with E-state index in [4.69, 9.17) is 32.7 Å². The fourth-order valence-corrected chi connectivity index (χ4v) is 9.35. The molecule has 2 fully saturated rings. The van der Waals surface area contributed by atoms with Gasteiger partial charge in [-0.25, -0.2) is 0 Å². The van der Waals surface area contributed by atoms with Crippen LogP contribution in [0.2, 0.25) is 10.0 Å². The molecule has 2 saturated heterocycles. The number of ether oxygens (including phenoxy) is 2. The van der Waals surface area contributed by atoms with Gasteiger partial charge in [0.25, 0.3) is 0 Å². The lowest BCUT2D eigenvalue weighted by Crippen LogP contribution is -2.36. The van der Waals surface area contributed by atoms with Gasteiger partial charge in [0.1, 0.15) is 11.5 Å². The van der Waals surface area contributed by atoms with Crippen molar-refractivity contribution in [3.63, 3.8) is 0 Å². The zero-order valence-electron chi connectivity index (χ0n) is 29.5. The molecule has 8 rings (SSSR count). The third-order valence-electron chi connectivity index (χ3n) is 11.3. The minimum atomic E-state index is 0.132. The third-order valence-corrected chi connectivity index (χ3v) is 12.1. The van der Waals surface area contributed by atoms with Crippen LogP contribution >= 0.6 is 23.2 Å². The smallest absolute Gasteiger partial charge is 0.220 e. The Balaban J connectivity index is 1.07. The molecule has 4 aromatic rings. The normalized spacial score (nSPS) is 21.9. The quantitative estimate of drug-likeness (QED) is 0.126. The van der Waals surface area contributed by atoms with Crippen molar-refractivity contribution in [2.24, 2.45) is 0 Å². The van der Waals surface area contributed by atoms with Gasteiger partial charge in [0.05, 0.1) is 24.3 Å². The van der Waals surface area contributed by atoms with Gasteiger partial charge < -0.3 is 30.7 Å². The Morgan fingerprint density at radius 3 is 1.42 bits per heavy atom. The molecule has 2 heterocycles. The number of hydrogen-bond donors (Lipinski definition) is 4. The van der Waals surface area contributed by atoms with Gasteiger partial charge in [-0.05, 0) is 72.9 Å². The monoisotopic (exact) mass is 738 g/mol. The lowest BCUT2D eigenvalue weighted by Gasteiger charge is -2.21. The van der Waals surface area contributed by atoms with E-state index in [9.17, 15) is 9.59 Å². The van der Waals surface area contributed by atoms with Crippen molar-refractivity contribution >= 4 is 35.0 Å². The molecule has 10 heteroatoms. The minimum absolute atomic E-state index is 0.132. The summed E-state index contributed by atoms with van der Waals surface area (Å²) in [5.74, 6) is 1.94. The van der Waals surface area contributed by atoms with Gasteiger partial charge in [-0.3, -0.25) is 9.59 Å². The largest absolute Gasteiger partial charge is 0.496 e. The van der Waals surface area contributed by atoms with Crippen LogP contribution in [0.3, 0.4) is 0 Å². The molecular formula is C42H44Cl2N4O4. The Bertz CT molecular complexity index is 1910. The number of methoxy groups -OCH3 is 2. The van der Waals surface area contributed by atoms with E-state index in [1.807, 2.05) is 24.3 Å². The predicted molar refractivity (Wildman–Crippen MR) is 206 cm³/mol. The first-order valence-electron chi connectivity index (χ1n) is 18.4. The van der Waals surface area contributed by atoms with Crippen LogP contribution < -0.4 is 30.7 Å². The Kier molecular flexibility index (Phi) is 9.92. The van der Waals surface area contributed by atoms with E-state index in [2.05, 4.69) is 57.7 Å². The lowest BCUT2D eigenvalue weighted by atomic mass is 9.93. The van der Waals surface area contributed by atoms with Crippen molar-refractivity contribution in [3.05, 3.63) is 93.0 Å². The summed E-state index contributed by atoms with van der Waals surface area (Å²) < 4.78 is 11.9. The second-order valence-electron chi connectivity index (χ2n) is 14.4. The van der Waals surface area contributed by atoms with E-state index in [0.717, 1.165) is 96.5 Å². The first-order chi connectivity index (χ1) is 25.3. The predicted octanol–water partition coefficient (Wildman–Crippen LogP) is 7.72. The summed E-state index contributed by atoms with van der Waals surface area (Å²) in [6, 6.07) is 21.5. The van der Waals surface area contributed by atoms with Crippen LogP contribution in [0, 0.1) is 0 Å². The van der Waals surface area contributed by atoms with Gasteiger partial charge in [0.15, 0.2) is 0 Å². The number of hydrogen-bond acceptors (Lipinski definition) is 6. The van der Waals surface area contributed by atoms with Gasteiger partial charge in [-0.15, -0.1) is 0 Å². The minimum Gasteiger partial charge on any atom is -0.496 e. The molecule has 4 aromatic carbocycles. The summed E-state index contributed by atoms with van der Waals surface area (Å²) in [5.41, 5.74) is 10.4. The molecule has 4 atom stereocenters. The molecule has 52 heavy (non-hydrogen) atoms. The first-order valence-corrected chi connectivity index (χ1v) is 19.1. The third kappa shape index (κ3) is 6.66. The topological polar surface area (TPSA) is 101 Å². The van der Waals surface area contributed by atoms with Crippen molar-refractivity contribution in [1.29, 1.82) is 0 Å². The summed E-state index contributed by atoms with van der Waals surface area (Å²) >= 11 is 14.6. The molecule has 0 spiro atoms. The molecule has 0 unspecified atom stereocenters. The van der Waals surface area contributed by atoms with Crippen LogP contribution in [0.15, 0.2) is 60.7 Å². The highest BCUT2D eigenvalue weighted by Crippen LogP contribution is 2.47. The molecular weight excluding hydrogens is 695 g/mol. The zero-order valence-corrected chi connectivity index (χ0v) is 31.1. The fourth-order valence-electron chi connectivity index (χ4n) is 8.67. The van der Waals surface area contributed by atoms with Crippen molar-refractivity contribution < 1.29 is 19.1 Å². The average Bonchev–Trinajstić information content (AvgIpc) is 3.96. The summed E-state index contributed by atoms with van der Waals surface area (Å²) in [4.78, 5) is 23.4. The number of carbonyl (C=O) groups excluding carboxylic acids is 2. The van der Waals surface area contributed by atoms with E-state index in [-0.39, 0.29) is 36.0 Å². The van der Waals surface area contributed by atoms with Crippen molar-refractivity contribution in [2.75, 3.05) is 27.3 Å². The van der Waals surface area contributed by atoms with E-state index >= 15 is 0 Å². The Hall–Kier alpha value is -4.08. The number of nitrogens with one attached hydrogen (secondary N) is 4. The van der Waals surface area contributed by atoms with E-state index in [1.54, 1.807) is 14.2 Å². The summed E-state index contributed by atoms with van der Waals surface area (Å²) in [6.07, 6.45) is 6.73. The molecule has 270 valence electrons. The van der Waals surface area contributed by atoms with Crippen LogP contribution in [0.4, 0.5) is 0 Å². The standard InChI is InChI=1S/C42H44Cl2N4O4/c1-51-35-19-25(17-23-9-13-33(39(23)35)45-21-27-11-15-37(49)47-27)29-5-3-7-31(41(29)43)32-8-4-6-30(42(32)44)26-18-24-10-14-34(40(24)36(20-26)52-2)46-22-28-12-16-38(50)48-28/h3-8,17-20,27-28,33-34,45-46H,9-16,21-22H2,1-2H3,(H,47,49)(H,48,50)/t27-,28-,33+,34+/m0/s1. The van der Waals surface area contributed by atoms with Gasteiger partial charge in [-0.2, -0.15) is 0 Å². The number of aryl methyl sites for hydroxylation is 2. The number of rotatable bonds is 11. The second kappa shape index (κ2) is 14.7. The number of benzene rings is 4. The number of carbonyl (C=O) groups is 2. The van der Waals surface area contributed by atoms with Gasteiger partial charge in [0.2, 0.25) is 11.8 Å². The van der Waals surface area contributed by atoms with E-state index < -0.39 is 0 Å². The molecule has 2 aliphatic heterocycles. The molecule has 2 aliphatic carbocycles. The molecule has 4 aliphatic rings. The van der Waals surface area contributed by atoms with Crippen LogP contribution in [0.25, 0.3) is 33.4 Å². The van der Waals surface area contributed by atoms with E-state index in [1.165, 1.54) is 22.3 Å². The zero-order chi connectivity index (χ0) is 35.9. The van der Waals surface area contributed by atoms with Crippen LogP contribution in [0.1, 0.15) is 72.9 Å². The Morgan fingerprint density at radius 1 is 0.615 bits per heavy atom. The fraction of sp³-hybridized carbons (Fsp3) is 0.381. The van der Waals surface area contributed by atoms with Crippen molar-refractivity contribution in [3.8, 4) is 44.9 Å².